The van der Waals surface area contributed by atoms with Gasteiger partial charge in [-0.3, -0.25) is 0 Å². The van der Waals surface area contributed by atoms with E-state index in [-0.39, 0.29) is 0 Å². The molecule has 0 bridgehead atoms. The molecule has 0 radical (unpaired) electrons. The summed E-state index contributed by atoms with van der Waals surface area (Å²) in [5, 5.41) is 3.44. The zero-order chi connectivity index (χ0) is 10.9. The van der Waals surface area contributed by atoms with Gasteiger partial charge in [-0.1, -0.05) is 13.8 Å². The van der Waals surface area contributed by atoms with Crippen LogP contribution in [-0.2, 0) is 11.3 Å². The minimum absolute atomic E-state index is 0.567. The van der Waals surface area contributed by atoms with Crippen LogP contribution in [0, 0.1) is 0 Å². The van der Waals surface area contributed by atoms with E-state index < -0.39 is 0 Å². The summed E-state index contributed by atoms with van der Waals surface area (Å²) >= 11 is 0. The molecule has 0 aromatic carbocycles. The van der Waals surface area contributed by atoms with Crippen LogP contribution >= 0.6 is 0 Å². The molecule has 1 rings (SSSR count). The molecule has 0 aliphatic carbocycles. The van der Waals surface area contributed by atoms with Gasteiger partial charge in [-0.15, -0.1) is 0 Å². The molecular weight excluding hydrogens is 190 g/mol. The van der Waals surface area contributed by atoms with E-state index >= 15 is 0 Å². The molecule has 1 heterocycles. The standard InChI is InChI=1S/C12H21NO2/c1-3-11(4-2)13-7-9-14-10-12-6-5-8-15-12/h5-6,8,11,13H,3-4,7,9-10H2,1-2H3. The number of hydrogen-bond donors (Lipinski definition) is 1. The van der Waals surface area contributed by atoms with Crippen LogP contribution in [0.25, 0.3) is 0 Å². The summed E-state index contributed by atoms with van der Waals surface area (Å²) in [6.07, 6.45) is 4.02. The maximum absolute atomic E-state index is 5.46. The van der Waals surface area contributed by atoms with Gasteiger partial charge in [0.25, 0.3) is 0 Å². The molecule has 86 valence electrons. The van der Waals surface area contributed by atoms with Gasteiger partial charge >= 0.3 is 0 Å². The molecule has 1 N–H and O–H groups in total. The van der Waals surface area contributed by atoms with Gasteiger partial charge in [0.2, 0.25) is 0 Å². The van der Waals surface area contributed by atoms with Crippen LogP contribution in [0.3, 0.4) is 0 Å². The molecule has 0 aliphatic heterocycles. The Labute approximate surface area is 91.8 Å². The second-order valence-corrected chi connectivity index (χ2v) is 3.60. The molecule has 0 aliphatic rings. The van der Waals surface area contributed by atoms with Crippen molar-refractivity contribution in [3.8, 4) is 0 Å². The highest BCUT2D eigenvalue weighted by Crippen LogP contribution is 2.01. The molecule has 0 spiro atoms. The van der Waals surface area contributed by atoms with Gasteiger partial charge < -0.3 is 14.5 Å². The maximum atomic E-state index is 5.46. The van der Waals surface area contributed by atoms with E-state index in [4.69, 9.17) is 9.15 Å². The van der Waals surface area contributed by atoms with Gasteiger partial charge in [0, 0.05) is 12.6 Å². The molecule has 0 unspecified atom stereocenters. The highest BCUT2D eigenvalue weighted by Gasteiger charge is 2.01. The Balaban J connectivity index is 1.97. The van der Waals surface area contributed by atoms with Crippen LogP contribution in [-0.4, -0.2) is 19.2 Å². The van der Waals surface area contributed by atoms with Crippen molar-refractivity contribution in [3.63, 3.8) is 0 Å². The smallest absolute Gasteiger partial charge is 0.129 e. The molecule has 15 heavy (non-hydrogen) atoms. The molecular formula is C12H21NO2. The monoisotopic (exact) mass is 211 g/mol. The Bertz CT molecular complexity index is 230. The normalized spacial score (nSPS) is 11.1. The molecule has 3 nitrogen and oxygen atoms in total. The maximum Gasteiger partial charge on any atom is 0.129 e. The number of furan rings is 1. The molecule has 0 saturated carbocycles. The van der Waals surface area contributed by atoms with Crippen molar-refractivity contribution < 1.29 is 9.15 Å². The van der Waals surface area contributed by atoms with Crippen molar-refractivity contribution in [1.82, 2.24) is 5.32 Å². The number of rotatable bonds is 8. The lowest BCUT2D eigenvalue weighted by Crippen LogP contribution is -2.30. The highest BCUT2D eigenvalue weighted by atomic mass is 16.5. The minimum Gasteiger partial charge on any atom is -0.467 e. The zero-order valence-corrected chi connectivity index (χ0v) is 9.66. The van der Waals surface area contributed by atoms with E-state index in [0.717, 1.165) is 18.9 Å². The van der Waals surface area contributed by atoms with E-state index in [2.05, 4.69) is 19.2 Å². The Morgan fingerprint density at radius 1 is 1.40 bits per heavy atom. The van der Waals surface area contributed by atoms with Gasteiger partial charge in [-0.05, 0) is 25.0 Å². The third-order valence-electron chi connectivity index (χ3n) is 2.49. The predicted octanol–water partition coefficient (Wildman–Crippen LogP) is 2.57. The predicted molar refractivity (Wildman–Crippen MR) is 60.7 cm³/mol. The number of nitrogens with one attached hydrogen (secondary N) is 1. The summed E-state index contributed by atoms with van der Waals surface area (Å²) in [6.45, 7) is 6.61. The lowest BCUT2D eigenvalue weighted by molar-refractivity contribution is 0.106. The van der Waals surface area contributed by atoms with E-state index in [1.54, 1.807) is 6.26 Å². The van der Waals surface area contributed by atoms with Crippen LogP contribution in [0.1, 0.15) is 32.4 Å². The van der Waals surface area contributed by atoms with Crippen molar-refractivity contribution in [2.45, 2.75) is 39.3 Å². The van der Waals surface area contributed by atoms with Crippen LogP contribution in [0.5, 0.6) is 0 Å². The summed E-state index contributed by atoms with van der Waals surface area (Å²) in [5.74, 6) is 0.887. The summed E-state index contributed by atoms with van der Waals surface area (Å²) in [6, 6.07) is 4.42. The SMILES string of the molecule is CCC(CC)NCCOCc1ccco1. The van der Waals surface area contributed by atoms with E-state index in [1.165, 1.54) is 12.8 Å². The first-order valence-corrected chi connectivity index (χ1v) is 5.70. The lowest BCUT2D eigenvalue weighted by atomic mass is 10.2. The summed E-state index contributed by atoms with van der Waals surface area (Å²) < 4.78 is 10.6. The third-order valence-corrected chi connectivity index (χ3v) is 2.49. The molecule has 0 atom stereocenters. The van der Waals surface area contributed by atoms with Gasteiger partial charge in [0.15, 0.2) is 0 Å². The average molecular weight is 211 g/mol. The van der Waals surface area contributed by atoms with Crippen LogP contribution in [0.4, 0.5) is 0 Å². The van der Waals surface area contributed by atoms with Crippen LogP contribution < -0.4 is 5.32 Å². The summed E-state index contributed by atoms with van der Waals surface area (Å²) in [4.78, 5) is 0. The highest BCUT2D eigenvalue weighted by molar-refractivity contribution is 4.95. The first-order chi connectivity index (χ1) is 7.36. The third kappa shape index (κ3) is 5.00. The van der Waals surface area contributed by atoms with Gasteiger partial charge in [0.1, 0.15) is 12.4 Å². The second kappa shape index (κ2) is 7.49. The first kappa shape index (κ1) is 12.3. The number of hydrogen-bond acceptors (Lipinski definition) is 3. The first-order valence-electron chi connectivity index (χ1n) is 5.70. The molecule has 0 fully saturated rings. The topological polar surface area (TPSA) is 34.4 Å². The summed E-state index contributed by atoms with van der Waals surface area (Å²) in [7, 11) is 0. The fourth-order valence-corrected chi connectivity index (χ4v) is 1.48. The van der Waals surface area contributed by atoms with Gasteiger partial charge in [0.05, 0.1) is 12.9 Å². The zero-order valence-electron chi connectivity index (χ0n) is 9.66. The van der Waals surface area contributed by atoms with Gasteiger partial charge in [-0.25, -0.2) is 0 Å². The van der Waals surface area contributed by atoms with Crippen molar-refractivity contribution in [1.29, 1.82) is 0 Å². The summed E-state index contributed by atoms with van der Waals surface area (Å²) in [5.41, 5.74) is 0. The Hall–Kier alpha value is -0.800. The lowest BCUT2D eigenvalue weighted by Gasteiger charge is -2.14. The van der Waals surface area contributed by atoms with Crippen molar-refractivity contribution >= 4 is 0 Å². The quantitative estimate of drug-likeness (QED) is 0.671. The molecule has 1 aromatic heterocycles. The van der Waals surface area contributed by atoms with Crippen molar-refractivity contribution in [3.05, 3.63) is 24.2 Å². The molecule has 0 saturated heterocycles. The fraction of sp³-hybridized carbons (Fsp3) is 0.667. The van der Waals surface area contributed by atoms with Crippen LogP contribution in [0.2, 0.25) is 0 Å². The van der Waals surface area contributed by atoms with Crippen LogP contribution in [0.15, 0.2) is 22.8 Å². The Kier molecular flexibility index (Phi) is 6.12. The number of ether oxygens (including phenoxy) is 1. The molecule has 1 aromatic rings. The fourth-order valence-electron chi connectivity index (χ4n) is 1.48. The van der Waals surface area contributed by atoms with Gasteiger partial charge in [-0.2, -0.15) is 0 Å². The van der Waals surface area contributed by atoms with E-state index in [9.17, 15) is 0 Å². The van der Waals surface area contributed by atoms with E-state index in [1.807, 2.05) is 12.1 Å². The van der Waals surface area contributed by atoms with Crippen molar-refractivity contribution in [2.75, 3.05) is 13.2 Å². The molecule has 3 heteroatoms. The Morgan fingerprint density at radius 2 is 2.20 bits per heavy atom. The molecule has 0 amide bonds. The Morgan fingerprint density at radius 3 is 2.80 bits per heavy atom. The van der Waals surface area contributed by atoms with E-state index in [0.29, 0.717) is 12.6 Å². The largest absolute Gasteiger partial charge is 0.467 e. The average Bonchev–Trinajstić information content (AvgIpc) is 2.76. The second-order valence-electron chi connectivity index (χ2n) is 3.60. The van der Waals surface area contributed by atoms with Crippen molar-refractivity contribution in [2.24, 2.45) is 0 Å². The minimum atomic E-state index is 0.567.